The molecule has 1 rings (SSSR count). The van der Waals surface area contributed by atoms with E-state index in [1.807, 2.05) is 7.05 Å². The minimum absolute atomic E-state index is 0.117. The first-order valence-electron chi connectivity index (χ1n) is 6.51. The van der Waals surface area contributed by atoms with E-state index >= 15 is 0 Å². The van der Waals surface area contributed by atoms with E-state index in [1.54, 1.807) is 30.1 Å². The van der Waals surface area contributed by atoms with Gasteiger partial charge in [-0.1, -0.05) is 23.2 Å². The lowest BCUT2D eigenvalue weighted by atomic mass is 10.3. The molecule has 0 unspecified atom stereocenters. The molecule has 112 valence electrons. The molecule has 0 saturated heterocycles. The number of benzene rings is 1. The van der Waals surface area contributed by atoms with Crippen molar-refractivity contribution in [3.63, 3.8) is 0 Å². The average Bonchev–Trinajstić information content (AvgIpc) is 2.42. The fourth-order valence-electron chi connectivity index (χ4n) is 1.59. The fraction of sp³-hybridized carbons (Fsp3) is 0.500. The molecule has 1 N–H and O–H groups in total. The second-order valence-electron chi connectivity index (χ2n) is 4.45. The summed E-state index contributed by atoms with van der Waals surface area (Å²) in [5.41, 5.74) is 0. The molecule has 0 fully saturated rings. The Bertz CT molecular complexity index is 441. The van der Waals surface area contributed by atoms with E-state index in [0.29, 0.717) is 41.8 Å². The summed E-state index contributed by atoms with van der Waals surface area (Å²) in [5, 5.41) is 4.06. The van der Waals surface area contributed by atoms with Gasteiger partial charge in [0.25, 0.3) is 0 Å². The van der Waals surface area contributed by atoms with Crippen LogP contribution in [0.2, 0.25) is 10.0 Å². The summed E-state index contributed by atoms with van der Waals surface area (Å²) in [5.74, 6) is 0.707. The van der Waals surface area contributed by atoms with E-state index in [1.165, 1.54) is 0 Å². The number of carbonyl (C=O) groups is 1. The molecule has 1 aromatic carbocycles. The Hall–Kier alpha value is -0.970. The van der Waals surface area contributed by atoms with E-state index in [2.05, 4.69) is 5.32 Å². The van der Waals surface area contributed by atoms with E-state index in [0.717, 1.165) is 6.54 Å². The van der Waals surface area contributed by atoms with Crippen molar-refractivity contribution in [2.75, 3.05) is 33.8 Å². The Morgan fingerprint density at radius 1 is 1.40 bits per heavy atom. The monoisotopic (exact) mass is 318 g/mol. The summed E-state index contributed by atoms with van der Waals surface area (Å²) in [6, 6.07) is 5.08. The average molecular weight is 319 g/mol. The first-order chi connectivity index (χ1) is 9.54. The Balaban J connectivity index is 2.26. The third kappa shape index (κ3) is 5.99. The van der Waals surface area contributed by atoms with Crippen molar-refractivity contribution in [1.29, 1.82) is 0 Å². The van der Waals surface area contributed by atoms with Gasteiger partial charge in [0.2, 0.25) is 5.91 Å². The molecular formula is C14H20Cl2N2O2. The number of ether oxygens (including phenoxy) is 1. The highest BCUT2D eigenvalue weighted by molar-refractivity contribution is 6.35. The fourth-order valence-corrected chi connectivity index (χ4v) is 2.06. The lowest BCUT2D eigenvalue weighted by Gasteiger charge is -2.16. The molecule has 6 heteroatoms. The maximum Gasteiger partial charge on any atom is 0.222 e. The number of hydrogen-bond acceptors (Lipinski definition) is 3. The molecule has 0 heterocycles. The largest absolute Gasteiger partial charge is 0.492 e. The van der Waals surface area contributed by atoms with E-state index < -0.39 is 0 Å². The molecule has 0 bridgehead atoms. The summed E-state index contributed by atoms with van der Waals surface area (Å²) in [6.07, 6.45) is 1.12. The van der Waals surface area contributed by atoms with Crippen molar-refractivity contribution in [2.24, 2.45) is 0 Å². The highest BCUT2D eigenvalue weighted by Crippen LogP contribution is 2.27. The minimum atomic E-state index is 0.117. The first kappa shape index (κ1) is 17.1. The molecule has 0 aliphatic heterocycles. The highest BCUT2D eigenvalue weighted by Gasteiger charge is 2.08. The standard InChI is InChI=1S/C14H20Cl2N2O2/c1-17-7-8-18(2)14(19)4-3-9-20-13-6-5-11(15)10-12(13)16/h5-6,10,17H,3-4,7-9H2,1-2H3. The van der Waals surface area contributed by atoms with Crippen LogP contribution < -0.4 is 10.1 Å². The molecule has 1 amide bonds. The summed E-state index contributed by atoms with van der Waals surface area (Å²) >= 11 is 11.8. The lowest BCUT2D eigenvalue weighted by molar-refractivity contribution is -0.130. The van der Waals surface area contributed by atoms with Gasteiger partial charge < -0.3 is 15.0 Å². The normalized spacial score (nSPS) is 10.4. The zero-order valence-electron chi connectivity index (χ0n) is 11.8. The van der Waals surface area contributed by atoms with Crippen molar-refractivity contribution >= 4 is 29.1 Å². The van der Waals surface area contributed by atoms with Crippen molar-refractivity contribution in [1.82, 2.24) is 10.2 Å². The summed E-state index contributed by atoms with van der Waals surface area (Å²) < 4.78 is 5.53. The van der Waals surface area contributed by atoms with Crippen LogP contribution >= 0.6 is 23.2 Å². The van der Waals surface area contributed by atoms with Crippen LogP contribution in [0.1, 0.15) is 12.8 Å². The quantitative estimate of drug-likeness (QED) is 0.749. The van der Waals surface area contributed by atoms with Crippen molar-refractivity contribution in [3.05, 3.63) is 28.2 Å². The van der Waals surface area contributed by atoms with Gasteiger partial charge in [0.1, 0.15) is 5.75 Å². The van der Waals surface area contributed by atoms with Crippen LogP contribution in [0.5, 0.6) is 5.75 Å². The van der Waals surface area contributed by atoms with E-state index in [9.17, 15) is 4.79 Å². The number of likely N-dealkylation sites (N-methyl/N-ethyl adjacent to an activating group) is 2. The van der Waals surface area contributed by atoms with Gasteiger partial charge in [0.15, 0.2) is 0 Å². The molecule has 0 saturated carbocycles. The van der Waals surface area contributed by atoms with Crippen LogP contribution in [0.15, 0.2) is 18.2 Å². The number of carbonyl (C=O) groups excluding carboxylic acids is 1. The number of amides is 1. The third-order valence-corrected chi connectivity index (χ3v) is 3.34. The molecule has 0 radical (unpaired) electrons. The number of nitrogens with zero attached hydrogens (tertiary/aromatic N) is 1. The predicted molar refractivity (Wildman–Crippen MR) is 82.8 cm³/mol. The van der Waals surface area contributed by atoms with Crippen molar-refractivity contribution < 1.29 is 9.53 Å². The zero-order chi connectivity index (χ0) is 15.0. The Labute approximate surface area is 130 Å². The number of hydrogen-bond donors (Lipinski definition) is 1. The van der Waals surface area contributed by atoms with Gasteiger partial charge in [-0.05, 0) is 31.7 Å². The van der Waals surface area contributed by atoms with Crippen LogP contribution in [-0.4, -0.2) is 44.6 Å². The Morgan fingerprint density at radius 3 is 2.80 bits per heavy atom. The third-order valence-electron chi connectivity index (χ3n) is 2.81. The van der Waals surface area contributed by atoms with Crippen LogP contribution in [0.25, 0.3) is 0 Å². The zero-order valence-corrected chi connectivity index (χ0v) is 13.3. The van der Waals surface area contributed by atoms with Gasteiger partial charge in [-0.25, -0.2) is 0 Å². The van der Waals surface area contributed by atoms with Crippen molar-refractivity contribution in [2.45, 2.75) is 12.8 Å². The maximum atomic E-state index is 11.8. The Kier molecular flexibility index (Phi) is 7.73. The molecule has 1 aromatic rings. The molecular weight excluding hydrogens is 299 g/mol. The van der Waals surface area contributed by atoms with Crippen LogP contribution in [0.3, 0.4) is 0 Å². The summed E-state index contributed by atoms with van der Waals surface area (Å²) in [7, 11) is 3.67. The topological polar surface area (TPSA) is 41.6 Å². The molecule has 0 aliphatic carbocycles. The van der Waals surface area contributed by atoms with Crippen molar-refractivity contribution in [3.8, 4) is 5.75 Å². The first-order valence-corrected chi connectivity index (χ1v) is 7.26. The van der Waals surface area contributed by atoms with Gasteiger partial charge in [-0.2, -0.15) is 0 Å². The predicted octanol–water partition coefficient (Wildman–Crippen LogP) is 2.83. The smallest absolute Gasteiger partial charge is 0.222 e. The van der Waals surface area contributed by atoms with Gasteiger partial charge >= 0.3 is 0 Å². The molecule has 0 aromatic heterocycles. The van der Waals surface area contributed by atoms with Gasteiger partial charge in [0, 0.05) is 31.6 Å². The van der Waals surface area contributed by atoms with Crippen LogP contribution in [0.4, 0.5) is 0 Å². The molecule has 0 atom stereocenters. The summed E-state index contributed by atoms with van der Waals surface area (Å²) in [4.78, 5) is 13.5. The second-order valence-corrected chi connectivity index (χ2v) is 5.29. The van der Waals surface area contributed by atoms with Crippen LogP contribution in [0, 0.1) is 0 Å². The second kappa shape index (κ2) is 9.06. The SMILES string of the molecule is CNCCN(C)C(=O)CCCOc1ccc(Cl)cc1Cl. The Morgan fingerprint density at radius 2 is 2.15 bits per heavy atom. The molecule has 0 aliphatic rings. The van der Waals surface area contributed by atoms with Gasteiger partial charge in [-0.3, -0.25) is 4.79 Å². The number of nitrogens with one attached hydrogen (secondary N) is 1. The number of halogens is 2. The summed E-state index contributed by atoms with van der Waals surface area (Å²) in [6.45, 7) is 1.95. The minimum Gasteiger partial charge on any atom is -0.492 e. The highest BCUT2D eigenvalue weighted by atomic mass is 35.5. The lowest BCUT2D eigenvalue weighted by Crippen LogP contribution is -2.32. The molecule has 20 heavy (non-hydrogen) atoms. The maximum absolute atomic E-state index is 11.8. The molecule has 4 nitrogen and oxygen atoms in total. The van der Waals surface area contributed by atoms with Gasteiger partial charge in [0.05, 0.1) is 11.6 Å². The number of rotatable bonds is 8. The van der Waals surface area contributed by atoms with Crippen LogP contribution in [-0.2, 0) is 4.79 Å². The van der Waals surface area contributed by atoms with Gasteiger partial charge in [-0.15, -0.1) is 0 Å². The molecule has 0 spiro atoms. The van der Waals surface area contributed by atoms with E-state index in [-0.39, 0.29) is 5.91 Å². The van der Waals surface area contributed by atoms with E-state index in [4.69, 9.17) is 27.9 Å².